The van der Waals surface area contributed by atoms with E-state index < -0.39 is 0 Å². The van der Waals surface area contributed by atoms with Crippen LogP contribution >= 0.6 is 23.5 Å². The summed E-state index contributed by atoms with van der Waals surface area (Å²) in [5, 5.41) is 5.01. The van der Waals surface area contributed by atoms with Crippen LogP contribution in [0.4, 0.5) is 0 Å². The molecule has 0 aliphatic carbocycles. The monoisotopic (exact) mass is 287 g/mol. The van der Waals surface area contributed by atoms with E-state index in [4.69, 9.17) is 10.3 Å². The standard InChI is InChI=1S/C12H21N3OS2/c1-3-4-5-9(13)12-14-11(15-16-12)10-8(2)17-6-7-18-10/h8-10H,3-7,13H2,1-2H3/t8?,9-,10?/m0/s1. The number of nitrogens with zero attached hydrogens (tertiary/aromatic N) is 2. The normalized spacial score (nSPS) is 26.2. The van der Waals surface area contributed by atoms with Gasteiger partial charge < -0.3 is 10.3 Å². The van der Waals surface area contributed by atoms with Crippen molar-refractivity contribution in [3.8, 4) is 0 Å². The van der Waals surface area contributed by atoms with E-state index in [0.717, 1.165) is 30.8 Å². The molecule has 1 fully saturated rings. The summed E-state index contributed by atoms with van der Waals surface area (Å²) in [6, 6.07) is -0.109. The van der Waals surface area contributed by atoms with Crippen LogP contribution < -0.4 is 5.73 Å². The topological polar surface area (TPSA) is 64.9 Å². The minimum atomic E-state index is -0.109. The summed E-state index contributed by atoms with van der Waals surface area (Å²) < 4.78 is 5.32. The highest BCUT2D eigenvalue weighted by atomic mass is 32.2. The Balaban J connectivity index is 2.00. The van der Waals surface area contributed by atoms with E-state index in [1.165, 1.54) is 5.75 Å². The highest BCUT2D eigenvalue weighted by Gasteiger charge is 2.29. The number of unbranched alkanes of at least 4 members (excludes halogenated alkanes) is 1. The molecule has 1 saturated heterocycles. The van der Waals surface area contributed by atoms with Gasteiger partial charge in [0.1, 0.15) is 0 Å². The summed E-state index contributed by atoms with van der Waals surface area (Å²) in [5.74, 6) is 3.79. The fourth-order valence-corrected chi connectivity index (χ4v) is 4.66. The van der Waals surface area contributed by atoms with Gasteiger partial charge in [-0.15, -0.1) is 11.8 Å². The van der Waals surface area contributed by atoms with Crippen molar-refractivity contribution >= 4 is 23.5 Å². The van der Waals surface area contributed by atoms with Gasteiger partial charge in [0.05, 0.1) is 11.3 Å². The second-order valence-electron chi connectivity index (χ2n) is 4.61. The summed E-state index contributed by atoms with van der Waals surface area (Å²) in [4.78, 5) is 4.50. The maximum Gasteiger partial charge on any atom is 0.243 e. The molecule has 0 amide bonds. The fraction of sp³-hybridized carbons (Fsp3) is 0.833. The van der Waals surface area contributed by atoms with Gasteiger partial charge in [0.25, 0.3) is 0 Å². The summed E-state index contributed by atoms with van der Waals surface area (Å²) in [7, 11) is 0. The van der Waals surface area contributed by atoms with Crippen LogP contribution in [0, 0.1) is 0 Å². The maximum absolute atomic E-state index is 6.05. The third-order valence-electron chi connectivity index (χ3n) is 3.09. The van der Waals surface area contributed by atoms with E-state index in [-0.39, 0.29) is 6.04 Å². The molecular weight excluding hydrogens is 266 g/mol. The minimum Gasteiger partial charge on any atom is -0.338 e. The fourth-order valence-electron chi connectivity index (χ4n) is 1.98. The van der Waals surface area contributed by atoms with Crippen LogP contribution in [0.3, 0.4) is 0 Å². The molecule has 2 N–H and O–H groups in total. The lowest BCUT2D eigenvalue weighted by molar-refractivity contribution is 0.342. The van der Waals surface area contributed by atoms with E-state index in [1.807, 2.05) is 23.5 Å². The number of hydrogen-bond donors (Lipinski definition) is 1. The number of thioether (sulfide) groups is 2. The molecule has 18 heavy (non-hydrogen) atoms. The van der Waals surface area contributed by atoms with Crippen LogP contribution in [-0.2, 0) is 0 Å². The predicted molar refractivity (Wildman–Crippen MR) is 77.9 cm³/mol. The quantitative estimate of drug-likeness (QED) is 0.897. The number of hydrogen-bond acceptors (Lipinski definition) is 6. The Labute approximate surface area is 117 Å². The van der Waals surface area contributed by atoms with E-state index in [1.54, 1.807) is 0 Å². The van der Waals surface area contributed by atoms with Crippen molar-refractivity contribution < 1.29 is 4.52 Å². The molecule has 0 radical (unpaired) electrons. The summed E-state index contributed by atoms with van der Waals surface area (Å²) >= 11 is 3.90. The number of rotatable bonds is 5. The molecule has 1 aliphatic rings. The van der Waals surface area contributed by atoms with E-state index >= 15 is 0 Å². The lowest BCUT2D eigenvalue weighted by atomic mass is 10.1. The molecular formula is C12H21N3OS2. The van der Waals surface area contributed by atoms with Gasteiger partial charge in [-0.2, -0.15) is 16.7 Å². The van der Waals surface area contributed by atoms with Crippen LogP contribution in [0.25, 0.3) is 0 Å². The molecule has 2 unspecified atom stereocenters. The van der Waals surface area contributed by atoms with Crippen molar-refractivity contribution in [3.05, 3.63) is 11.7 Å². The molecule has 1 aliphatic heterocycles. The van der Waals surface area contributed by atoms with Crippen LogP contribution in [-0.4, -0.2) is 26.9 Å². The van der Waals surface area contributed by atoms with Gasteiger partial charge in [0.2, 0.25) is 5.89 Å². The van der Waals surface area contributed by atoms with Gasteiger partial charge in [-0.25, -0.2) is 0 Å². The Hall–Kier alpha value is -0.200. The molecule has 0 spiro atoms. The molecule has 1 aromatic rings. The van der Waals surface area contributed by atoms with E-state index in [9.17, 15) is 0 Å². The average molecular weight is 287 g/mol. The average Bonchev–Trinajstić information content (AvgIpc) is 2.86. The van der Waals surface area contributed by atoms with Gasteiger partial charge in [-0.05, 0) is 6.42 Å². The Morgan fingerprint density at radius 1 is 1.44 bits per heavy atom. The van der Waals surface area contributed by atoms with Crippen molar-refractivity contribution in [1.82, 2.24) is 10.1 Å². The van der Waals surface area contributed by atoms with E-state index in [2.05, 4.69) is 24.0 Å². The molecule has 102 valence electrons. The third kappa shape index (κ3) is 3.42. The zero-order chi connectivity index (χ0) is 13.0. The minimum absolute atomic E-state index is 0.109. The Morgan fingerprint density at radius 2 is 2.22 bits per heavy atom. The molecule has 3 atom stereocenters. The Morgan fingerprint density at radius 3 is 2.94 bits per heavy atom. The van der Waals surface area contributed by atoms with Crippen molar-refractivity contribution in [3.63, 3.8) is 0 Å². The van der Waals surface area contributed by atoms with Crippen LogP contribution in [0.1, 0.15) is 56.1 Å². The largest absolute Gasteiger partial charge is 0.338 e. The number of aromatic nitrogens is 2. The first-order valence-corrected chi connectivity index (χ1v) is 8.64. The SMILES string of the molecule is CCCC[C@H](N)c1nc(C2SCCSC2C)no1. The van der Waals surface area contributed by atoms with Crippen LogP contribution in [0.2, 0.25) is 0 Å². The Kier molecular flexibility index (Phi) is 5.38. The van der Waals surface area contributed by atoms with Gasteiger partial charge in [0.15, 0.2) is 5.82 Å². The zero-order valence-electron chi connectivity index (χ0n) is 11.0. The summed E-state index contributed by atoms with van der Waals surface area (Å²) in [6.45, 7) is 4.39. The van der Waals surface area contributed by atoms with Crippen LogP contribution in [0.5, 0.6) is 0 Å². The molecule has 2 heterocycles. The lowest BCUT2D eigenvalue weighted by Gasteiger charge is -2.24. The lowest BCUT2D eigenvalue weighted by Crippen LogP contribution is -2.17. The molecule has 0 aromatic carbocycles. The van der Waals surface area contributed by atoms with Crippen molar-refractivity contribution in [2.24, 2.45) is 5.73 Å². The summed E-state index contributed by atoms with van der Waals surface area (Å²) in [5.41, 5.74) is 6.05. The Bertz CT molecular complexity index is 372. The van der Waals surface area contributed by atoms with Crippen molar-refractivity contribution in [1.29, 1.82) is 0 Å². The van der Waals surface area contributed by atoms with Gasteiger partial charge in [0, 0.05) is 16.8 Å². The van der Waals surface area contributed by atoms with Gasteiger partial charge in [-0.1, -0.05) is 31.8 Å². The van der Waals surface area contributed by atoms with E-state index in [0.29, 0.717) is 16.4 Å². The second kappa shape index (κ2) is 6.82. The first-order chi connectivity index (χ1) is 8.72. The highest BCUT2D eigenvalue weighted by Crippen LogP contribution is 2.41. The first-order valence-electron chi connectivity index (χ1n) is 6.54. The van der Waals surface area contributed by atoms with Crippen molar-refractivity contribution in [2.45, 2.75) is 49.7 Å². The molecule has 1 aromatic heterocycles. The molecule has 0 saturated carbocycles. The molecule has 4 nitrogen and oxygen atoms in total. The second-order valence-corrected chi connectivity index (χ2v) is 7.34. The first kappa shape index (κ1) is 14.2. The maximum atomic E-state index is 6.05. The molecule has 0 bridgehead atoms. The smallest absolute Gasteiger partial charge is 0.243 e. The summed E-state index contributed by atoms with van der Waals surface area (Å²) in [6.07, 6.45) is 3.16. The van der Waals surface area contributed by atoms with Crippen molar-refractivity contribution in [2.75, 3.05) is 11.5 Å². The van der Waals surface area contributed by atoms with Crippen LogP contribution in [0.15, 0.2) is 4.52 Å². The van der Waals surface area contributed by atoms with Gasteiger partial charge >= 0.3 is 0 Å². The number of nitrogens with two attached hydrogens (primary N) is 1. The zero-order valence-corrected chi connectivity index (χ0v) is 12.6. The molecule has 6 heteroatoms. The highest BCUT2D eigenvalue weighted by molar-refractivity contribution is 8.06. The molecule has 2 rings (SSSR count). The predicted octanol–water partition coefficient (Wildman–Crippen LogP) is 3.17. The van der Waals surface area contributed by atoms with Gasteiger partial charge in [-0.3, -0.25) is 0 Å². The third-order valence-corrected chi connectivity index (χ3v) is 6.17.